The largest absolute Gasteiger partial charge is 0.340 e. The monoisotopic (exact) mass is 367 g/mol. The minimum absolute atomic E-state index is 0.00377. The van der Waals surface area contributed by atoms with Crippen molar-refractivity contribution < 1.29 is 9.32 Å². The average Bonchev–Trinajstić information content (AvgIpc) is 3.46. The van der Waals surface area contributed by atoms with Crippen molar-refractivity contribution in [2.24, 2.45) is 5.92 Å². The second kappa shape index (κ2) is 7.75. The first-order valence-electron chi connectivity index (χ1n) is 10.2. The zero-order valence-corrected chi connectivity index (χ0v) is 16.4. The maximum absolute atomic E-state index is 12.8. The molecule has 1 saturated carbocycles. The molecule has 4 rings (SSSR count). The topological polar surface area (TPSA) is 49.6 Å². The number of carbonyl (C=O) groups is 1. The highest BCUT2D eigenvalue weighted by Crippen LogP contribution is 2.37. The maximum atomic E-state index is 12.8. The Kier molecular flexibility index (Phi) is 5.19. The summed E-state index contributed by atoms with van der Waals surface area (Å²) in [7, 11) is 0. The van der Waals surface area contributed by atoms with Gasteiger partial charge in [0.15, 0.2) is 0 Å². The molecule has 5 heteroatoms. The maximum Gasteiger partial charge on any atom is 0.232 e. The fraction of sp³-hybridized carbons (Fsp3) is 0.545. The van der Waals surface area contributed by atoms with Crippen LogP contribution in [0.15, 0.2) is 34.9 Å². The van der Waals surface area contributed by atoms with E-state index in [2.05, 4.69) is 27.1 Å². The summed E-state index contributed by atoms with van der Waals surface area (Å²) >= 11 is 0. The van der Waals surface area contributed by atoms with Crippen LogP contribution in [0.5, 0.6) is 0 Å². The molecule has 0 atom stereocenters. The average molecular weight is 367 g/mol. The molecule has 27 heavy (non-hydrogen) atoms. The lowest BCUT2D eigenvalue weighted by Crippen LogP contribution is -2.36. The van der Waals surface area contributed by atoms with Gasteiger partial charge in [0.1, 0.15) is 5.69 Å². The number of amides is 1. The van der Waals surface area contributed by atoms with E-state index in [9.17, 15) is 4.79 Å². The van der Waals surface area contributed by atoms with E-state index in [0.29, 0.717) is 12.6 Å². The van der Waals surface area contributed by atoms with Crippen LogP contribution >= 0.6 is 0 Å². The van der Waals surface area contributed by atoms with E-state index in [1.165, 1.54) is 19.3 Å². The van der Waals surface area contributed by atoms with Crippen LogP contribution in [-0.4, -0.2) is 35.1 Å². The van der Waals surface area contributed by atoms with E-state index in [1.54, 1.807) is 0 Å². The number of aromatic nitrogens is 1. The molecular formula is C22H29N3O2. The van der Waals surface area contributed by atoms with Gasteiger partial charge in [0.05, 0.1) is 12.1 Å². The lowest BCUT2D eigenvalue weighted by Gasteiger charge is -2.29. The van der Waals surface area contributed by atoms with Crippen LogP contribution in [0.4, 0.5) is 5.88 Å². The Bertz CT molecular complexity index is 774. The Hall–Kier alpha value is -2.30. The molecule has 144 valence electrons. The molecule has 0 radical (unpaired) electrons. The summed E-state index contributed by atoms with van der Waals surface area (Å²) in [5.74, 6) is 1.09. The van der Waals surface area contributed by atoms with Crippen molar-refractivity contribution in [1.29, 1.82) is 0 Å². The summed E-state index contributed by atoms with van der Waals surface area (Å²) in [5.41, 5.74) is 2.98. The van der Waals surface area contributed by atoms with Crippen LogP contribution in [0, 0.1) is 5.92 Å². The highest BCUT2D eigenvalue weighted by Gasteiger charge is 2.36. The van der Waals surface area contributed by atoms with Crippen molar-refractivity contribution >= 4 is 11.8 Å². The van der Waals surface area contributed by atoms with Gasteiger partial charge in [0.2, 0.25) is 11.8 Å². The number of anilines is 1. The molecule has 0 unspecified atom stereocenters. The fourth-order valence-electron chi connectivity index (χ4n) is 3.89. The first-order valence-corrected chi connectivity index (χ1v) is 10.2. The van der Waals surface area contributed by atoms with Gasteiger partial charge in [0, 0.05) is 30.6 Å². The molecule has 1 aromatic heterocycles. The van der Waals surface area contributed by atoms with Crippen molar-refractivity contribution in [1.82, 2.24) is 10.1 Å². The Morgan fingerprint density at radius 3 is 2.52 bits per heavy atom. The summed E-state index contributed by atoms with van der Waals surface area (Å²) in [5, 5.41) is 4.44. The van der Waals surface area contributed by atoms with Gasteiger partial charge in [-0.05, 0) is 32.1 Å². The van der Waals surface area contributed by atoms with E-state index in [1.807, 2.05) is 32.0 Å². The molecule has 1 amide bonds. The van der Waals surface area contributed by atoms with Crippen LogP contribution < -0.4 is 4.90 Å². The molecule has 0 N–H and O–H groups in total. The summed E-state index contributed by atoms with van der Waals surface area (Å²) < 4.78 is 5.87. The normalized spacial score (nSPS) is 17.4. The minimum atomic E-state index is 0.00377. The number of carbonyl (C=O) groups excluding carboxylic acids is 1. The van der Waals surface area contributed by atoms with Gasteiger partial charge in [-0.2, -0.15) is 0 Å². The molecule has 1 aliphatic heterocycles. The fourth-order valence-corrected chi connectivity index (χ4v) is 3.89. The highest BCUT2D eigenvalue weighted by molar-refractivity contribution is 5.79. The van der Waals surface area contributed by atoms with Gasteiger partial charge in [0.25, 0.3) is 0 Å². The van der Waals surface area contributed by atoms with Crippen molar-refractivity contribution in [2.45, 2.75) is 58.5 Å². The summed E-state index contributed by atoms with van der Waals surface area (Å²) in [4.78, 5) is 17.2. The quantitative estimate of drug-likeness (QED) is 0.755. The summed E-state index contributed by atoms with van der Waals surface area (Å²) in [6.07, 6.45) is 5.83. The van der Waals surface area contributed by atoms with Gasteiger partial charge < -0.3 is 14.3 Å². The van der Waals surface area contributed by atoms with E-state index < -0.39 is 0 Å². The standard InChI is InChI=1S/C22H29N3O2/c1-16(2)21(26)25(18-11-12-18)15-19-20(17-9-5-3-6-10-17)23-27-22(19)24-13-7-4-8-14-24/h3,5-6,9-10,16,18H,4,7-8,11-15H2,1-2H3. The van der Waals surface area contributed by atoms with E-state index in [4.69, 9.17) is 4.52 Å². The number of rotatable bonds is 6. The summed E-state index contributed by atoms with van der Waals surface area (Å²) in [6.45, 7) is 6.54. The van der Waals surface area contributed by atoms with Crippen molar-refractivity contribution in [3.8, 4) is 11.3 Å². The van der Waals surface area contributed by atoms with Gasteiger partial charge in [-0.1, -0.05) is 49.3 Å². The van der Waals surface area contributed by atoms with Crippen molar-refractivity contribution in [2.75, 3.05) is 18.0 Å². The van der Waals surface area contributed by atoms with E-state index in [-0.39, 0.29) is 11.8 Å². The van der Waals surface area contributed by atoms with Crippen LogP contribution in [0.25, 0.3) is 11.3 Å². The Balaban J connectivity index is 1.71. The third-order valence-electron chi connectivity index (χ3n) is 5.55. The Labute approximate surface area is 161 Å². The van der Waals surface area contributed by atoms with Gasteiger partial charge in [-0.15, -0.1) is 0 Å². The molecule has 5 nitrogen and oxygen atoms in total. The van der Waals surface area contributed by atoms with Crippen LogP contribution in [0.1, 0.15) is 51.5 Å². The smallest absolute Gasteiger partial charge is 0.232 e. The number of hydrogen-bond donors (Lipinski definition) is 0. The van der Waals surface area contributed by atoms with Crippen LogP contribution in [0.3, 0.4) is 0 Å². The third-order valence-corrected chi connectivity index (χ3v) is 5.55. The molecule has 2 aromatic rings. The van der Waals surface area contributed by atoms with Gasteiger partial charge >= 0.3 is 0 Å². The molecule has 1 aliphatic carbocycles. The molecule has 1 saturated heterocycles. The zero-order chi connectivity index (χ0) is 18.8. The number of benzene rings is 1. The molecule has 2 aliphatic rings. The molecule has 1 aromatic carbocycles. The third kappa shape index (κ3) is 3.87. The van der Waals surface area contributed by atoms with Crippen LogP contribution in [0.2, 0.25) is 0 Å². The number of piperidine rings is 1. The number of nitrogens with zero attached hydrogens (tertiary/aromatic N) is 3. The molecule has 0 spiro atoms. The Morgan fingerprint density at radius 2 is 1.89 bits per heavy atom. The number of hydrogen-bond acceptors (Lipinski definition) is 4. The predicted molar refractivity (Wildman–Crippen MR) is 106 cm³/mol. The first kappa shape index (κ1) is 18.1. The van der Waals surface area contributed by atoms with Crippen molar-refractivity contribution in [3.63, 3.8) is 0 Å². The van der Waals surface area contributed by atoms with Crippen LogP contribution in [-0.2, 0) is 11.3 Å². The van der Waals surface area contributed by atoms with Crippen molar-refractivity contribution in [3.05, 3.63) is 35.9 Å². The molecule has 2 fully saturated rings. The summed E-state index contributed by atoms with van der Waals surface area (Å²) in [6, 6.07) is 10.5. The predicted octanol–water partition coefficient (Wildman–Crippen LogP) is 4.48. The molecule has 2 heterocycles. The Morgan fingerprint density at radius 1 is 1.19 bits per heavy atom. The van der Waals surface area contributed by atoms with E-state index in [0.717, 1.165) is 48.6 Å². The van der Waals surface area contributed by atoms with Gasteiger partial charge in [-0.3, -0.25) is 4.79 Å². The molecular weight excluding hydrogens is 338 g/mol. The zero-order valence-electron chi connectivity index (χ0n) is 16.4. The lowest BCUT2D eigenvalue weighted by atomic mass is 10.0. The minimum Gasteiger partial charge on any atom is -0.340 e. The van der Waals surface area contributed by atoms with E-state index >= 15 is 0 Å². The lowest BCUT2D eigenvalue weighted by molar-refractivity contribution is -0.135. The first-order chi connectivity index (χ1) is 13.1. The second-order valence-corrected chi connectivity index (χ2v) is 8.08. The molecule has 0 bridgehead atoms. The second-order valence-electron chi connectivity index (χ2n) is 8.08. The SMILES string of the molecule is CC(C)C(=O)N(Cc1c(-c2ccccc2)noc1N1CCCCC1)C1CC1. The van der Waals surface area contributed by atoms with Gasteiger partial charge in [-0.25, -0.2) is 0 Å². The highest BCUT2D eigenvalue weighted by atomic mass is 16.5.